The number of rotatable bonds is 3. The standard InChI is InChI=1S/C24H27NO3/c1-15-5-4-6-18(10-15)11-22-23(27)19-7-8-21(26)20(24(19)28-22)14-25-12-16(2)9-17(3)13-25/h4-8,10-11,16-17,26H,9,12-14H2,1-3H3/b22-11+. The van der Waals surface area contributed by atoms with Gasteiger partial charge in [0.05, 0.1) is 11.1 Å². The minimum Gasteiger partial charge on any atom is -0.507 e. The molecule has 2 heterocycles. The van der Waals surface area contributed by atoms with Crippen LogP contribution in [0.4, 0.5) is 0 Å². The molecule has 0 bridgehead atoms. The lowest BCUT2D eigenvalue weighted by Crippen LogP contribution is -2.38. The SMILES string of the molecule is Cc1cccc(/C=C2/Oc3c(ccc(O)c3CN3CC(C)CC(C)C3)C2=O)c1. The first-order valence-electron chi connectivity index (χ1n) is 9.99. The van der Waals surface area contributed by atoms with E-state index in [0.717, 1.165) is 24.2 Å². The van der Waals surface area contributed by atoms with E-state index in [2.05, 4.69) is 18.7 Å². The van der Waals surface area contributed by atoms with Crippen molar-refractivity contribution in [3.8, 4) is 11.5 Å². The highest BCUT2D eigenvalue weighted by Crippen LogP contribution is 2.40. The topological polar surface area (TPSA) is 49.8 Å². The average molecular weight is 377 g/mol. The molecule has 0 radical (unpaired) electrons. The summed E-state index contributed by atoms with van der Waals surface area (Å²) in [5, 5.41) is 10.5. The molecule has 4 nitrogen and oxygen atoms in total. The molecule has 2 aliphatic heterocycles. The van der Waals surface area contributed by atoms with Crippen LogP contribution in [0.15, 0.2) is 42.2 Å². The number of aromatic hydroxyl groups is 1. The highest BCUT2D eigenvalue weighted by atomic mass is 16.5. The molecule has 0 aliphatic carbocycles. The Bertz CT molecular complexity index is 937. The summed E-state index contributed by atoms with van der Waals surface area (Å²) in [4.78, 5) is 15.2. The number of ketones is 1. The number of fused-ring (bicyclic) bond motifs is 1. The van der Waals surface area contributed by atoms with Gasteiger partial charge in [-0.3, -0.25) is 9.69 Å². The largest absolute Gasteiger partial charge is 0.507 e. The fourth-order valence-electron chi connectivity index (χ4n) is 4.51. The van der Waals surface area contributed by atoms with Crippen LogP contribution in [0.1, 0.15) is 47.3 Å². The van der Waals surface area contributed by atoms with Gasteiger partial charge in [0.15, 0.2) is 5.76 Å². The van der Waals surface area contributed by atoms with Gasteiger partial charge in [0.1, 0.15) is 11.5 Å². The Hall–Kier alpha value is -2.59. The number of aryl methyl sites for hydroxylation is 1. The number of benzene rings is 2. The van der Waals surface area contributed by atoms with Crippen LogP contribution < -0.4 is 4.74 Å². The zero-order valence-electron chi connectivity index (χ0n) is 16.7. The molecular weight excluding hydrogens is 350 g/mol. The second-order valence-corrected chi connectivity index (χ2v) is 8.43. The van der Waals surface area contributed by atoms with Crippen LogP contribution in [0.5, 0.6) is 11.5 Å². The van der Waals surface area contributed by atoms with Crippen molar-refractivity contribution >= 4 is 11.9 Å². The number of allylic oxidation sites excluding steroid dienone is 1. The third-order valence-corrected chi connectivity index (χ3v) is 5.58. The predicted octanol–water partition coefficient (Wildman–Crippen LogP) is 4.79. The van der Waals surface area contributed by atoms with E-state index in [-0.39, 0.29) is 11.5 Å². The Morgan fingerprint density at radius 1 is 1.18 bits per heavy atom. The minimum absolute atomic E-state index is 0.127. The molecule has 2 aromatic rings. The number of hydrogen-bond donors (Lipinski definition) is 1. The molecule has 0 spiro atoms. The van der Waals surface area contributed by atoms with Crippen LogP contribution in [-0.2, 0) is 6.54 Å². The van der Waals surface area contributed by atoms with Crippen LogP contribution in [0.3, 0.4) is 0 Å². The van der Waals surface area contributed by atoms with E-state index in [0.29, 0.717) is 41.0 Å². The first kappa shape index (κ1) is 18.8. The minimum atomic E-state index is -0.127. The van der Waals surface area contributed by atoms with E-state index in [9.17, 15) is 9.90 Å². The van der Waals surface area contributed by atoms with Gasteiger partial charge < -0.3 is 9.84 Å². The maximum Gasteiger partial charge on any atom is 0.231 e. The average Bonchev–Trinajstić information content (AvgIpc) is 2.93. The van der Waals surface area contributed by atoms with Crippen LogP contribution >= 0.6 is 0 Å². The van der Waals surface area contributed by atoms with E-state index in [1.54, 1.807) is 18.2 Å². The van der Waals surface area contributed by atoms with Gasteiger partial charge in [-0.15, -0.1) is 0 Å². The molecule has 0 aromatic heterocycles. The van der Waals surface area contributed by atoms with Gasteiger partial charge in [-0.05, 0) is 49.0 Å². The quantitative estimate of drug-likeness (QED) is 0.781. The summed E-state index contributed by atoms with van der Waals surface area (Å²) in [5.74, 6) is 2.14. The molecule has 4 rings (SSSR count). The Balaban J connectivity index is 1.64. The first-order valence-corrected chi connectivity index (χ1v) is 9.99. The highest BCUT2D eigenvalue weighted by Gasteiger charge is 2.32. The van der Waals surface area contributed by atoms with Crippen LogP contribution in [-0.4, -0.2) is 28.9 Å². The second-order valence-electron chi connectivity index (χ2n) is 8.43. The zero-order valence-corrected chi connectivity index (χ0v) is 16.7. The second kappa shape index (κ2) is 7.44. The molecular formula is C24H27NO3. The number of phenols is 1. The van der Waals surface area contributed by atoms with Crippen molar-refractivity contribution in [2.45, 2.75) is 33.7 Å². The maximum absolute atomic E-state index is 12.9. The number of nitrogens with zero attached hydrogens (tertiary/aromatic N) is 1. The van der Waals surface area contributed by atoms with E-state index in [4.69, 9.17) is 4.74 Å². The number of ether oxygens (including phenoxy) is 1. The molecule has 28 heavy (non-hydrogen) atoms. The van der Waals surface area contributed by atoms with Gasteiger partial charge in [-0.1, -0.05) is 43.7 Å². The summed E-state index contributed by atoms with van der Waals surface area (Å²) >= 11 is 0. The first-order chi connectivity index (χ1) is 13.4. The lowest BCUT2D eigenvalue weighted by atomic mass is 9.91. The van der Waals surface area contributed by atoms with E-state index in [1.165, 1.54) is 6.42 Å². The summed E-state index contributed by atoms with van der Waals surface area (Å²) in [6.07, 6.45) is 3.01. The van der Waals surface area contributed by atoms with E-state index in [1.807, 2.05) is 31.2 Å². The van der Waals surface area contributed by atoms with Crippen LogP contribution in [0, 0.1) is 18.8 Å². The molecule has 1 N–H and O–H groups in total. The number of likely N-dealkylation sites (tertiary alicyclic amines) is 1. The van der Waals surface area contributed by atoms with Gasteiger partial charge in [0.2, 0.25) is 5.78 Å². The molecule has 4 heteroatoms. The van der Waals surface area contributed by atoms with Crippen molar-refractivity contribution in [1.29, 1.82) is 0 Å². The van der Waals surface area contributed by atoms with Crippen molar-refractivity contribution in [3.05, 3.63) is 64.4 Å². The number of piperidine rings is 1. The van der Waals surface area contributed by atoms with E-state index < -0.39 is 0 Å². The fourth-order valence-corrected chi connectivity index (χ4v) is 4.51. The molecule has 2 atom stereocenters. The molecule has 1 fully saturated rings. The third-order valence-electron chi connectivity index (χ3n) is 5.58. The maximum atomic E-state index is 12.9. The number of carbonyl (C=O) groups is 1. The normalized spacial score (nSPS) is 23.7. The summed E-state index contributed by atoms with van der Waals surface area (Å²) in [5.41, 5.74) is 3.30. The lowest BCUT2D eigenvalue weighted by Gasteiger charge is -2.35. The van der Waals surface area contributed by atoms with Crippen molar-refractivity contribution in [2.24, 2.45) is 11.8 Å². The monoisotopic (exact) mass is 377 g/mol. The van der Waals surface area contributed by atoms with Crippen LogP contribution in [0.25, 0.3) is 6.08 Å². The molecule has 2 unspecified atom stereocenters. The number of hydrogen-bond acceptors (Lipinski definition) is 4. The molecule has 1 saturated heterocycles. The van der Waals surface area contributed by atoms with Crippen molar-refractivity contribution in [3.63, 3.8) is 0 Å². The lowest BCUT2D eigenvalue weighted by molar-refractivity contribution is 0.101. The molecule has 146 valence electrons. The van der Waals surface area contributed by atoms with Crippen LogP contribution in [0.2, 0.25) is 0 Å². The van der Waals surface area contributed by atoms with Crippen molar-refractivity contribution in [2.75, 3.05) is 13.1 Å². The molecule has 0 saturated carbocycles. The fraction of sp³-hybridized carbons (Fsp3) is 0.375. The van der Waals surface area contributed by atoms with Crippen molar-refractivity contribution in [1.82, 2.24) is 4.90 Å². The molecule has 2 aliphatic rings. The highest BCUT2D eigenvalue weighted by molar-refractivity contribution is 6.15. The Morgan fingerprint density at radius 2 is 1.93 bits per heavy atom. The number of carbonyl (C=O) groups excluding carboxylic acids is 1. The van der Waals surface area contributed by atoms with Gasteiger partial charge in [0.25, 0.3) is 0 Å². The Labute approximate surface area is 166 Å². The van der Waals surface area contributed by atoms with Gasteiger partial charge in [-0.25, -0.2) is 0 Å². The van der Waals surface area contributed by atoms with Crippen molar-refractivity contribution < 1.29 is 14.6 Å². The van der Waals surface area contributed by atoms with Gasteiger partial charge in [-0.2, -0.15) is 0 Å². The number of Topliss-reactive ketones (excluding diaryl/α,β-unsaturated/α-hetero) is 1. The van der Waals surface area contributed by atoms with Gasteiger partial charge in [0, 0.05) is 19.6 Å². The third kappa shape index (κ3) is 3.69. The number of phenolic OH excluding ortho intramolecular Hbond substituents is 1. The van der Waals surface area contributed by atoms with E-state index >= 15 is 0 Å². The predicted molar refractivity (Wildman–Crippen MR) is 110 cm³/mol. The Kier molecular flexibility index (Phi) is 4.98. The summed E-state index contributed by atoms with van der Waals surface area (Å²) in [6.45, 7) is 9.13. The summed E-state index contributed by atoms with van der Waals surface area (Å²) < 4.78 is 6.00. The Morgan fingerprint density at radius 3 is 2.64 bits per heavy atom. The summed E-state index contributed by atoms with van der Waals surface area (Å²) in [6, 6.07) is 11.2. The van der Waals surface area contributed by atoms with Gasteiger partial charge >= 0.3 is 0 Å². The zero-order chi connectivity index (χ0) is 19.8. The molecule has 0 amide bonds. The summed E-state index contributed by atoms with van der Waals surface area (Å²) in [7, 11) is 0. The smallest absolute Gasteiger partial charge is 0.231 e. The molecule has 2 aromatic carbocycles.